The fraction of sp³-hybridized carbons (Fsp3) is 0.333. The van der Waals surface area contributed by atoms with Crippen molar-refractivity contribution >= 4 is 7.69 Å². The first-order valence-electron chi connectivity index (χ1n) is 7.73. The van der Waals surface area contributed by atoms with Gasteiger partial charge in [-0.05, 0) is 72.9 Å². The third-order valence-electron chi connectivity index (χ3n) is 4.23. The van der Waals surface area contributed by atoms with E-state index in [1.807, 2.05) is 24.3 Å². The van der Waals surface area contributed by atoms with Gasteiger partial charge in [0.15, 0.2) is 0 Å². The van der Waals surface area contributed by atoms with Gasteiger partial charge < -0.3 is 9.31 Å². The Balaban J connectivity index is 1.28. The van der Waals surface area contributed by atoms with Crippen LogP contribution in [0.2, 0.25) is 0 Å². The van der Waals surface area contributed by atoms with Crippen LogP contribution in [-0.4, -0.2) is 7.69 Å². The van der Waals surface area contributed by atoms with Gasteiger partial charge in [0.1, 0.15) is 11.5 Å². The fourth-order valence-corrected chi connectivity index (χ4v) is 2.61. The maximum Gasteiger partial charge on any atom is 0.658 e. The minimum absolute atomic E-state index is 0.782. The average molecular weight is 277 g/mol. The largest absolute Gasteiger partial charge is 0.658 e. The van der Waals surface area contributed by atoms with Crippen molar-refractivity contribution in [1.29, 1.82) is 0 Å². The van der Waals surface area contributed by atoms with Crippen LogP contribution < -0.4 is 9.31 Å². The summed E-state index contributed by atoms with van der Waals surface area (Å²) in [5, 5.41) is 0. The van der Waals surface area contributed by atoms with Crippen LogP contribution in [0.5, 0.6) is 11.5 Å². The minimum Gasteiger partial charge on any atom is -0.526 e. The van der Waals surface area contributed by atoms with E-state index in [1.54, 1.807) is 0 Å². The number of hydrogen-bond acceptors (Lipinski definition) is 2. The molecule has 0 spiro atoms. The van der Waals surface area contributed by atoms with Crippen molar-refractivity contribution in [3.05, 3.63) is 59.7 Å². The van der Waals surface area contributed by atoms with E-state index < -0.39 is 0 Å². The van der Waals surface area contributed by atoms with E-state index in [9.17, 15) is 0 Å². The second-order valence-electron chi connectivity index (χ2n) is 6.02. The Bertz CT molecular complexity index is 543. The first-order chi connectivity index (χ1) is 10.4. The molecule has 2 aromatic carbocycles. The molecule has 2 aromatic rings. The van der Waals surface area contributed by atoms with E-state index in [0.717, 1.165) is 23.3 Å². The maximum absolute atomic E-state index is 5.51. The molecule has 0 bridgehead atoms. The SMILES string of the molecule is [B](Oc1ccc(C2CC2)cc1)Oc1ccc(C2CC2)cc1. The molecule has 105 valence electrons. The zero-order valence-corrected chi connectivity index (χ0v) is 12.0. The lowest BCUT2D eigenvalue weighted by Gasteiger charge is -2.08. The summed E-state index contributed by atoms with van der Waals surface area (Å²) in [5.41, 5.74) is 2.83. The van der Waals surface area contributed by atoms with Gasteiger partial charge >= 0.3 is 7.69 Å². The zero-order valence-electron chi connectivity index (χ0n) is 12.0. The molecule has 0 amide bonds. The van der Waals surface area contributed by atoms with Gasteiger partial charge in [-0.3, -0.25) is 0 Å². The summed E-state index contributed by atoms with van der Waals surface area (Å²) in [6, 6.07) is 16.6. The lowest BCUT2D eigenvalue weighted by atomic mass is 10.1. The molecule has 2 fully saturated rings. The monoisotopic (exact) mass is 277 g/mol. The summed E-state index contributed by atoms with van der Waals surface area (Å²) in [7, 11) is 1.40. The van der Waals surface area contributed by atoms with Crippen LogP contribution in [0.1, 0.15) is 48.6 Å². The molecule has 0 aliphatic heterocycles. The predicted molar refractivity (Wildman–Crippen MR) is 83.8 cm³/mol. The molecular formula is C18H18BO2. The summed E-state index contributed by atoms with van der Waals surface area (Å²) in [5.74, 6) is 3.19. The van der Waals surface area contributed by atoms with Crippen LogP contribution in [0.3, 0.4) is 0 Å². The quantitative estimate of drug-likeness (QED) is 0.727. The van der Waals surface area contributed by atoms with Gasteiger partial charge in [0.05, 0.1) is 0 Å². The van der Waals surface area contributed by atoms with Gasteiger partial charge in [-0.15, -0.1) is 0 Å². The van der Waals surface area contributed by atoms with Crippen LogP contribution in [0, 0.1) is 0 Å². The number of hydrogen-bond donors (Lipinski definition) is 0. The molecule has 0 heterocycles. The topological polar surface area (TPSA) is 18.5 Å². The van der Waals surface area contributed by atoms with Crippen LogP contribution in [0.4, 0.5) is 0 Å². The van der Waals surface area contributed by atoms with Crippen molar-refractivity contribution in [3.63, 3.8) is 0 Å². The van der Waals surface area contributed by atoms with E-state index in [-0.39, 0.29) is 0 Å². The molecule has 0 saturated heterocycles. The standard InChI is InChI=1S/C18H18BO2/c1-2-13(1)15-5-9-17(10-6-15)20-19-21-18-11-7-16(8-12-18)14-3-4-14/h5-14H,1-4H2. The second kappa shape index (κ2) is 5.47. The molecule has 0 aromatic heterocycles. The highest BCUT2D eigenvalue weighted by atomic mass is 16.6. The Kier molecular flexibility index (Phi) is 3.34. The van der Waals surface area contributed by atoms with E-state index >= 15 is 0 Å². The molecule has 2 aliphatic carbocycles. The Labute approximate surface area is 126 Å². The Morgan fingerprint density at radius 2 is 1.00 bits per heavy atom. The number of rotatable bonds is 6. The minimum atomic E-state index is 0.782. The lowest BCUT2D eigenvalue weighted by molar-refractivity contribution is 0.459. The highest BCUT2D eigenvalue weighted by Crippen LogP contribution is 2.41. The van der Waals surface area contributed by atoms with E-state index in [2.05, 4.69) is 24.3 Å². The van der Waals surface area contributed by atoms with Crippen LogP contribution in [0.15, 0.2) is 48.5 Å². The maximum atomic E-state index is 5.51. The molecule has 0 N–H and O–H groups in total. The lowest BCUT2D eigenvalue weighted by Crippen LogP contribution is -2.10. The third-order valence-corrected chi connectivity index (χ3v) is 4.23. The van der Waals surface area contributed by atoms with Gasteiger partial charge in [-0.25, -0.2) is 0 Å². The molecule has 2 saturated carbocycles. The summed E-state index contributed by atoms with van der Waals surface area (Å²) in [6.45, 7) is 0. The molecule has 21 heavy (non-hydrogen) atoms. The molecule has 3 heteroatoms. The first-order valence-corrected chi connectivity index (χ1v) is 7.73. The van der Waals surface area contributed by atoms with Crippen molar-refractivity contribution < 1.29 is 9.31 Å². The van der Waals surface area contributed by atoms with E-state index in [0.29, 0.717) is 0 Å². The second-order valence-corrected chi connectivity index (χ2v) is 6.02. The van der Waals surface area contributed by atoms with Gasteiger partial charge in [-0.1, -0.05) is 24.3 Å². The molecule has 2 nitrogen and oxygen atoms in total. The Morgan fingerprint density at radius 1 is 0.619 bits per heavy atom. The van der Waals surface area contributed by atoms with Crippen LogP contribution in [0.25, 0.3) is 0 Å². The summed E-state index contributed by atoms with van der Waals surface area (Å²) < 4.78 is 11.0. The third kappa shape index (κ3) is 3.23. The molecule has 1 radical (unpaired) electrons. The molecule has 4 rings (SSSR count). The summed E-state index contributed by atoms with van der Waals surface area (Å²) in [6.07, 6.45) is 5.30. The van der Waals surface area contributed by atoms with Crippen molar-refractivity contribution in [1.82, 2.24) is 0 Å². The van der Waals surface area contributed by atoms with Crippen molar-refractivity contribution in [2.24, 2.45) is 0 Å². The van der Waals surface area contributed by atoms with E-state index in [4.69, 9.17) is 9.31 Å². The van der Waals surface area contributed by atoms with Gasteiger partial charge in [0, 0.05) is 0 Å². The van der Waals surface area contributed by atoms with Crippen molar-refractivity contribution in [2.45, 2.75) is 37.5 Å². The van der Waals surface area contributed by atoms with Gasteiger partial charge in [0.2, 0.25) is 0 Å². The Morgan fingerprint density at radius 3 is 1.33 bits per heavy atom. The highest BCUT2D eigenvalue weighted by molar-refractivity contribution is 6.20. The van der Waals surface area contributed by atoms with Crippen molar-refractivity contribution in [2.75, 3.05) is 0 Å². The highest BCUT2D eigenvalue weighted by Gasteiger charge is 2.23. The number of benzene rings is 2. The van der Waals surface area contributed by atoms with Gasteiger partial charge in [-0.2, -0.15) is 0 Å². The predicted octanol–water partition coefficient (Wildman–Crippen LogP) is 4.43. The van der Waals surface area contributed by atoms with E-state index in [1.165, 1.54) is 44.5 Å². The summed E-state index contributed by atoms with van der Waals surface area (Å²) >= 11 is 0. The molecular weight excluding hydrogens is 259 g/mol. The molecule has 0 atom stereocenters. The normalized spacial score (nSPS) is 17.3. The Hall–Kier alpha value is -1.90. The fourth-order valence-electron chi connectivity index (χ4n) is 2.61. The van der Waals surface area contributed by atoms with Crippen LogP contribution >= 0.6 is 0 Å². The summed E-state index contributed by atoms with van der Waals surface area (Å²) in [4.78, 5) is 0. The van der Waals surface area contributed by atoms with Crippen LogP contribution in [-0.2, 0) is 0 Å². The van der Waals surface area contributed by atoms with Gasteiger partial charge in [0.25, 0.3) is 0 Å². The molecule has 2 aliphatic rings. The smallest absolute Gasteiger partial charge is 0.526 e. The first kappa shape index (κ1) is 12.8. The molecule has 0 unspecified atom stereocenters. The zero-order chi connectivity index (χ0) is 14.1. The average Bonchev–Trinajstić information content (AvgIpc) is 3.41. The van der Waals surface area contributed by atoms with Crippen molar-refractivity contribution in [3.8, 4) is 11.5 Å².